The molecule has 3 unspecified atom stereocenters. The first-order valence-electron chi connectivity index (χ1n) is 9.29. The Hall–Kier alpha value is -2.88. The lowest BCUT2D eigenvalue weighted by Crippen LogP contribution is -2.49. The van der Waals surface area contributed by atoms with Crippen LogP contribution in [-0.4, -0.2) is 53.8 Å². The fourth-order valence-corrected chi connectivity index (χ4v) is 3.72. The van der Waals surface area contributed by atoms with Gasteiger partial charge in [-0.15, -0.1) is 0 Å². The van der Waals surface area contributed by atoms with Gasteiger partial charge in [-0.25, -0.2) is 4.99 Å². The predicted octanol–water partition coefficient (Wildman–Crippen LogP) is 1.71. The van der Waals surface area contributed by atoms with E-state index in [4.69, 9.17) is 11.0 Å². The number of nitrogens with two attached hydrogens (primary N) is 1. The third-order valence-electron chi connectivity index (χ3n) is 5.52. The van der Waals surface area contributed by atoms with Crippen LogP contribution in [-0.2, 0) is 4.79 Å². The second-order valence-corrected chi connectivity index (χ2v) is 7.34. The van der Waals surface area contributed by atoms with E-state index in [1.807, 2.05) is 24.0 Å². The number of hydrogen-bond donors (Lipinski definition) is 1. The number of nitrogens with zero attached hydrogens (tertiary/aromatic N) is 4. The van der Waals surface area contributed by atoms with Gasteiger partial charge in [0.25, 0.3) is 5.91 Å². The van der Waals surface area contributed by atoms with Crippen LogP contribution in [0.25, 0.3) is 0 Å². The van der Waals surface area contributed by atoms with Gasteiger partial charge in [-0.2, -0.15) is 5.26 Å². The average Bonchev–Trinajstić information content (AvgIpc) is 2.70. The highest BCUT2D eigenvalue weighted by Gasteiger charge is 2.34. The molecule has 27 heavy (non-hydrogen) atoms. The second-order valence-electron chi connectivity index (χ2n) is 7.34. The lowest BCUT2D eigenvalue weighted by Gasteiger charge is -2.37. The average molecular weight is 367 g/mol. The van der Waals surface area contributed by atoms with Crippen molar-refractivity contribution in [1.82, 2.24) is 9.80 Å². The Morgan fingerprint density at radius 2 is 2.22 bits per heavy atom. The van der Waals surface area contributed by atoms with Crippen LogP contribution >= 0.6 is 0 Å². The molecule has 0 aliphatic carbocycles. The lowest BCUT2D eigenvalue weighted by molar-refractivity contribution is -0.127. The highest BCUT2D eigenvalue weighted by atomic mass is 16.2. The van der Waals surface area contributed by atoms with Gasteiger partial charge in [0.2, 0.25) is 5.91 Å². The van der Waals surface area contributed by atoms with E-state index in [9.17, 15) is 9.59 Å². The minimum Gasteiger partial charge on any atom is -0.369 e. The van der Waals surface area contributed by atoms with Crippen LogP contribution in [0.4, 0.5) is 0 Å². The number of likely N-dealkylation sites (tertiary alicyclic amines) is 1. The number of benzene rings is 1. The molecule has 1 aromatic rings. The van der Waals surface area contributed by atoms with Crippen molar-refractivity contribution in [1.29, 1.82) is 5.26 Å². The molecule has 2 aliphatic heterocycles. The van der Waals surface area contributed by atoms with E-state index in [0.717, 1.165) is 18.4 Å². The molecule has 0 aromatic heterocycles. The molecule has 0 radical (unpaired) electrons. The summed E-state index contributed by atoms with van der Waals surface area (Å²) in [5.41, 5.74) is 7.30. The number of nitriles is 1. The highest BCUT2D eigenvalue weighted by Crippen LogP contribution is 2.27. The van der Waals surface area contributed by atoms with Gasteiger partial charge in [0.1, 0.15) is 0 Å². The molecule has 3 atom stereocenters. The van der Waals surface area contributed by atoms with Crippen molar-refractivity contribution in [3.8, 4) is 6.07 Å². The molecule has 2 N–H and O–H groups in total. The monoisotopic (exact) mass is 367 g/mol. The van der Waals surface area contributed by atoms with Gasteiger partial charge in [0.05, 0.1) is 24.4 Å². The summed E-state index contributed by atoms with van der Waals surface area (Å²) < 4.78 is 0. The van der Waals surface area contributed by atoms with Crippen LogP contribution in [0.5, 0.6) is 0 Å². The van der Waals surface area contributed by atoms with E-state index in [2.05, 4.69) is 11.1 Å². The van der Waals surface area contributed by atoms with Crippen LogP contribution < -0.4 is 5.73 Å². The van der Waals surface area contributed by atoms with Gasteiger partial charge >= 0.3 is 0 Å². The Balaban J connectivity index is 1.74. The molecule has 1 fully saturated rings. The number of carbonyl (C=O) groups is 2. The van der Waals surface area contributed by atoms with Gasteiger partial charge in [-0.1, -0.05) is 12.1 Å². The van der Waals surface area contributed by atoms with Crippen molar-refractivity contribution in [2.75, 3.05) is 20.1 Å². The maximum absolute atomic E-state index is 13.0. The smallest absolute Gasteiger partial charge is 0.253 e. The van der Waals surface area contributed by atoms with Crippen LogP contribution in [0.15, 0.2) is 29.3 Å². The molecule has 142 valence electrons. The molecule has 1 saturated heterocycles. The molecular formula is C20H25N5O2. The summed E-state index contributed by atoms with van der Waals surface area (Å²) >= 11 is 0. The van der Waals surface area contributed by atoms with E-state index in [1.54, 1.807) is 19.2 Å². The van der Waals surface area contributed by atoms with Crippen molar-refractivity contribution in [2.45, 2.75) is 38.1 Å². The minimum atomic E-state index is -0.255. The van der Waals surface area contributed by atoms with Crippen LogP contribution in [0.3, 0.4) is 0 Å². The van der Waals surface area contributed by atoms with Gasteiger partial charge in [-0.3, -0.25) is 14.5 Å². The van der Waals surface area contributed by atoms with Crippen LogP contribution in [0.2, 0.25) is 0 Å². The zero-order chi connectivity index (χ0) is 19.6. The Kier molecular flexibility index (Phi) is 5.45. The summed E-state index contributed by atoms with van der Waals surface area (Å²) in [5, 5.41) is 9.11. The maximum atomic E-state index is 13.0. The Morgan fingerprint density at radius 3 is 2.93 bits per heavy atom. The number of piperidine rings is 1. The number of amides is 2. The molecule has 2 amide bonds. The van der Waals surface area contributed by atoms with E-state index in [-0.39, 0.29) is 35.7 Å². The van der Waals surface area contributed by atoms with Gasteiger partial charge in [0, 0.05) is 25.7 Å². The summed E-state index contributed by atoms with van der Waals surface area (Å²) in [6.07, 6.45) is 2.13. The van der Waals surface area contributed by atoms with E-state index < -0.39 is 0 Å². The first kappa shape index (κ1) is 18.9. The number of carbonyl (C=O) groups excluding carboxylic acids is 2. The minimum absolute atomic E-state index is 0.0332. The summed E-state index contributed by atoms with van der Waals surface area (Å²) in [4.78, 5) is 32.8. The SMILES string of the molecule is CC(C#N)c1cccc(C(=O)N2CCCC(C3CC(=O)N(C)C(N)=N3)C2)c1. The molecule has 0 saturated carbocycles. The fraction of sp³-hybridized carbons (Fsp3) is 0.500. The Morgan fingerprint density at radius 1 is 1.44 bits per heavy atom. The van der Waals surface area contributed by atoms with E-state index in [1.165, 1.54) is 4.90 Å². The second kappa shape index (κ2) is 7.78. The largest absolute Gasteiger partial charge is 0.369 e. The van der Waals surface area contributed by atoms with Crippen molar-refractivity contribution < 1.29 is 9.59 Å². The Labute approximate surface area is 159 Å². The third-order valence-corrected chi connectivity index (χ3v) is 5.52. The molecule has 7 heteroatoms. The van der Waals surface area contributed by atoms with Gasteiger partial charge in [-0.05, 0) is 43.4 Å². The number of aliphatic imine (C=N–C) groups is 1. The molecule has 0 spiro atoms. The van der Waals surface area contributed by atoms with Crippen molar-refractivity contribution in [3.63, 3.8) is 0 Å². The van der Waals surface area contributed by atoms with Crippen LogP contribution in [0.1, 0.15) is 48.0 Å². The first-order valence-corrected chi connectivity index (χ1v) is 9.29. The maximum Gasteiger partial charge on any atom is 0.253 e. The molecule has 7 nitrogen and oxygen atoms in total. The first-order chi connectivity index (χ1) is 12.9. The van der Waals surface area contributed by atoms with Crippen LogP contribution in [0, 0.1) is 17.2 Å². The summed E-state index contributed by atoms with van der Waals surface area (Å²) in [5.74, 6) is 0.0458. The topological polar surface area (TPSA) is 103 Å². The summed E-state index contributed by atoms with van der Waals surface area (Å²) in [7, 11) is 1.63. The zero-order valence-corrected chi connectivity index (χ0v) is 15.8. The molecule has 2 aliphatic rings. The van der Waals surface area contributed by atoms with Gasteiger partial charge < -0.3 is 10.6 Å². The molecule has 1 aromatic carbocycles. The molecule has 3 rings (SSSR count). The summed E-state index contributed by atoms with van der Waals surface area (Å²) in [6, 6.07) is 9.30. The molecular weight excluding hydrogens is 342 g/mol. The highest BCUT2D eigenvalue weighted by molar-refractivity contribution is 5.98. The van der Waals surface area contributed by atoms with Crippen molar-refractivity contribution in [3.05, 3.63) is 35.4 Å². The quantitative estimate of drug-likeness (QED) is 0.878. The predicted molar refractivity (Wildman–Crippen MR) is 102 cm³/mol. The number of guanidine groups is 1. The molecule has 2 heterocycles. The van der Waals surface area contributed by atoms with E-state index >= 15 is 0 Å². The number of rotatable bonds is 3. The van der Waals surface area contributed by atoms with Crippen molar-refractivity contribution >= 4 is 17.8 Å². The van der Waals surface area contributed by atoms with E-state index in [0.29, 0.717) is 25.1 Å². The molecule has 0 bridgehead atoms. The van der Waals surface area contributed by atoms with Crippen molar-refractivity contribution in [2.24, 2.45) is 16.6 Å². The number of hydrogen-bond acceptors (Lipinski definition) is 5. The third kappa shape index (κ3) is 3.95. The Bertz CT molecular complexity index is 813. The van der Waals surface area contributed by atoms with Gasteiger partial charge in [0.15, 0.2) is 5.96 Å². The normalized spacial score (nSPS) is 24.2. The lowest BCUT2D eigenvalue weighted by atomic mass is 9.88. The summed E-state index contributed by atoms with van der Waals surface area (Å²) in [6.45, 7) is 3.07. The zero-order valence-electron chi connectivity index (χ0n) is 15.8. The fourth-order valence-electron chi connectivity index (χ4n) is 3.72. The standard InChI is InChI=1S/C20H25N5O2/c1-13(11-21)14-5-3-6-15(9-14)19(27)25-8-4-7-16(12-25)17-10-18(26)24(2)20(22)23-17/h3,5-6,9,13,16-17H,4,7-8,10,12H2,1-2H3,(H2,22,23).